The lowest BCUT2D eigenvalue weighted by atomic mass is 10.1. The molecule has 0 spiro atoms. The number of aryl methyl sites for hydroxylation is 2. The number of amides is 1. The molecule has 1 amide bonds. The Hall–Kier alpha value is -1.29. The average molecular weight is 234 g/mol. The van der Waals surface area contributed by atoms with Gasteiger partial charge in [0.05, 0.1) is 10.9 Å². The number of benzene rings is 1. The summed E-state index contributed by atoms with van der Waals surface area (Å²) in [4.78, 5) is 15.7. The summed E-state index contributed by atoms with van der Waals surface area (Å²) >= 11 is 1.47. The van der Waals surface area contributed by atoms with Crippen LogP contribution in [0.4, 0.5) is 5.69 Å². The van der Waals surface area contributed by atoms with Gasteiger partial charge in [-0.15, -0.1) is 0 Å². The molecule has 1 heterocycles. The smallest absolute Gasteiger partial charge is 0.239 e. The Kier molecular flexibility index (Phi) is 3.01. The molecular formula is C12H14N2OS. The van der Waals surface area contributed by atoms with Gasteiger partial charge in [-0.25, -0.2) is 4.99 Å². The fourth-order valence-corrected chi connectivity index (χ4v) is 2.36. The van der Waals surface area contributed by atoms with Crippen LogP contribution in [-0.2, 0) is 4.79 Å². The third kappa shape index (κ3) is 2.27. The Morgan fingerprint density at radius 1 is 1.38 bits per heavy atom. The molecule has 0 unspecified atom stereocenters. The number of nitrogens with zero attached hydrogens (tertiary/aromatic N) is 1. The quantitative estimate of drug-likeness (QED) is 0.811. The monoisotopic (exact) mass is 234 g/mol. The SMILES string of the molecule is Cc1ccc(N=C2NC(=O)[C@H](C)S2)c(C)c1. The summed E-state index contributed by atoms with van der Waals surface area (Å²) in [6.45, 7) is 5.96. The molecule has 1 saturated heterocycles. The van der Waals surface area contributed by atoms with Crippen LogP contribution >= 0.6 is 11.8 Å². The van der Waals surface area contributed by atoms with Crippen molar-refractivity contribution in [1.82, 2.24) is 5.32 Å². The number of hydrogen-bond donors (Lipinski definition) is 1. The van der Waals surface area contributed by atoms with Gasteiger partial charge in [0.2, 0.25) is 5.91 Å². The zero-order valence-electron chi connectivity index (χ0n) is 9.57. The maximum atomic E-state index is 11.3. The predicted octanol–water partition coefficient (Wildman–Crippen LogP) is 2.54. The summed E-state index contributed by atoms with van der Waals surface area (Å²) in [5.74, 6) is 0.0357. The number of hydrogen-bond acceptors (Lipinski definition) is 3. The summed E-state index contributed by atoms with van der Waals surface area (Å²) in [6.07, 6.45) is 0. The standard InChI is InChI=1S/C12H14N2OS/c1-7-4-5-10(8(2)6-7)13-12-14-11(15)9(3)16-12/h4-6,9H,1-3H3,(H,13,14,15)/t9-/m0/s1. The number of amidine groups is 1. The lowest BCUT2D eigenvalue weighted by Gasteiger charge is -2.02. The van der Waals surface area contributed by atoms with Crippen LogP contribution < -0.4 is 5.32 Å². The second-order valence-electron chi connectivity index (χ2n) is 3.96. The number of carbonyl (C=O) groups excluding carboxylic acids is 1. The molecule has 84 valence electrons. The van der Waals surface area contributed by atoms with E-state index in [9.17, 15) is 4.79 Å². The minimum absolute atomic E-state index is 0.0357. The van der Waals surface area contributed by atoms with Gasteiger partial charge in [-0.2, -0.15) is 0 Å². The van der Waals surface area contributed by atoms with Crippen LogP contribution in [0, 0.1) is 13.8 Å². The Labute approximate surface area is 99.3 Å². The van der Waals surface area contributed by atoms with Crippen molar-refractivity contribution < 1.29 is 4.79 Å². The molecule has 1 fully saturated rings. The summed E-state index contributed by atoms with van der Waals surface area (Å²) in [7, 11) is 0. The van der Waals surface area contributed by atoms with Gasteiger partial charge in [0.1, 0.15) is 0 Å². The average Bonchev–Trinajstić information content (AvgIpc) is 2.51. The first-order chi connectivity index (χ1) is 7.56. The summed E-state index contributed by atoms with van der Waals surface area (Å²) < 4.78 is 0. The molecule has 1 aromatic rings. The molecule has 0 saturated carbocycles. The van der Waals surface area contributed by atoms with Crippen molar-refractivity contribution in [2.24, 2.45) is 4.99 Å². The molecule has 0 aliphatic carbocycles. The number of carbonyl (C=O) groups is 1. The van der Waals surface area contributed by atoms with E-state index in [1.54, 1.807) is 0 Å². The van der Waals surface area contributed by atoms with Crippen LogP contribution in [0.25, 0.3) is 0 Å². The van der Waals surface area contributed by atoms with Crippen molar-refractivity contribution in [2.75, 3.05) is 0 Å². The van der Waals surface area contributed by atoms with Gasteiger partial charge in [-0.05, 0) is 32.4 Å². The molecule has 1 N–H and O–H groups in total. The van der Waals surface area contributed by atoms with Gasteiger partial charge in [-0.3, -0.25) is 4.79 Å². The molecule has 4 heteroatoms. The van der Waals surface area contributed by atoms with E-state index in [0.29, 0.717) is 5.17 Å². The predicted molar refractivity (Wildman–Crippen MR) is 68.2 cm³/mol. The second-order valence-corrected chi connectivity index (χ2v) is 5.29. The Morgan fingerprint density at radius 2 is 2.12 bits per heavy atom. The van der Waals surface area contributed by atoms with Gasteiger partial charge < -0.3 is 5.32 Å². The van der Waals surface area contributed by atoms with E-state index in [0.717, 1.165) is 11.3 Å². The lowest BCUT2D eigenvalue weighted by Crippen LogP contribution is -2.23. The van der Waals surface area contributed by atoms with E-state index in [4.69, 9.17) is 0 Å². The highest BCUT2D eigenvalue weighted by Gasteiger charge is 2.25. The zero-order valence-corrected chi connectivity index (χ0v) is 10.4. The van der Waals surface area contributed by atoms with Crippen molar-refractivity contribution in [3.05, 3.63) is 29.3 Å². The van der Waals surface area contributed by atoms with Crippen LogP contribution in [0.15, 0.2) is 23.2 Å². The second kappa shape index (κ2) is 4.29. The van der Waals surface area contributed by atoms with E-state index in [-0.39, 0.29) is 11.2 Å². The largest absolute Gasteiger partial charge is 0.304 e. The number of aliphatic imine (C=N–C) groups is 1. The van der Waals surface area contributed by atoms with Crippen LogP contribution in [0.1, 0.15) is 18.1 Å². The van der Waals surface area contributed by atoms with Crippen LogP contribution in [0.2, 0.25) is 0 Å². The summed E-state index contributed by atoms with van der Waals surface area (Å²) in [5.41, 5.74) is 3.27. The van der Waals surface area contributed by atoms with Crippen molar-refractivity contribution in [3.8, 4) is 0 Å². The van der Waals surface area contributed by atoms with E-state index in [1.807, 2.05) is 26.0 Å². The normalized spacial score (nSPS) is 22.6. The zero-order chi connectivity index (χ0) is 11.7. The van der Waals surface area contributed by atoms with E-state index < -0.39 is 0 Å². The number of rotatable bonds is 1. The first kappa shape index (κ1) is 11.2. The molecule has 2 rings (SSSR count). The molecule has 1 atom stereocenters. The maximum Gasteiger partial charge on any atom is 0.239 e. The van der Waals surface area contributed by atoms with E-state index in [1.165, 1.54) is 17.3 Å². The lowest BCUT2D eigenvalue weighted by molar-refractivity contribution is -0.118. The third-order valence-electron chi connectivity index (χ3n) is 2.46. The fraction of sp³-hybridized carbons (Fsp3) is 0.333. The molecule has 3 nitrogen and oxygen atoms in total. The highest BCUT2D eigenvalue weighted by Crippen LogP contribution is 2.25. The molecule has 1 aliphatic rings. The number of nitrogens with one attached hydrogen (secondary N) is 1. The molecular weight excluding hydrogens is 220 g/mol. The first-order valence-corrected chi connectivity index (χ1v) is 6.07. The van der Waals surface area contributed by atoms with Gasteiger partial charge in [0, 0.05) is 0 Å². The molecule has 1 aromatic carbocycles. The molecule has 1 aliphatic heterocycles. The minimum atomic E-state index is -0.0375. The fourth-order valence-electron chi connectivity index (χ4n) is 1.55. The van der Waals surface area contributed by atoms with Gasteiger partial charge in [-0.1, -0.05) is 29.5 Å². The van der Waals surface area contributed by atoms with Gasteiger partial charge >= 0.3 is 0 Å². The third-order valence-corrected chi connectivity index (χ3v) is 3.45. The topological polar surface area (TPSA) is 41.5 Å². The van der Waals surface area contributed by atoms with Crippen LogP contribution in [0.3, 0.4) is 0 Å². The Balaban J connectivity index is 2.27. The Morgan fingerprint density at radius 3 is 2.69 bits per heavy atom. The van der Waals surface area contributed by atoms with Crippen LogP contribution in [0.5, 0.6) is 0 Å². The first-order valence-electron chi connectivity index (χ1n) is 5.20. The molecule has 0 radical (unpaired) electrons. The number of thioether (sulfide) groups is 1. The van der Waals surface area contributed by atoms with Crippen molar-refractivity contribution in [2.45, 2.75) is 26.0 Å². The molecule has 16 heavy (non-hydrogen) atoms. The summed E-state index contributed by atoms with van der Waals surface area (Å²) in [5, 5.41) is 3.43. The maximum absolute atomic E-state index is 11.3. The van der Waals surface area contributed by atoms with Crippen molar-refractivity contribution in [1.29, 1.82) is 0 Å². The summed E-state index contributed by atoms with van der Waals surface area (Å²) in [6, 6.07) is 6.09. The van der Waals surface area contributed by atoms with Gasteiger partial charge in [0.15, 0.2) is 5.17 Å². The van der Waals surface area contributed by atoms with Crippen LogP contribution in [-0.4, -0.2) is 16.3 Å². The van der Waals surface area contributed by atoms with E-state index in [2.05, 4.69) is 23.3 Å². The van der Waals surface area contributed by atoms with Gasteiger partial charge in [0.25, 0.3) is 0 Å². The molecule has 0 aromatic heterocycles. The van der Waals surface area contributed by atoms with E-state index >= 15 is 0 Å². The highest BCUT2D eigenvalue weighted by molar-refractivity contribution is 8.15. The molecule has 0 bridgehead atoms. The van der Waals surface area contributed by atoms with Crippen molar-refractivity contribution in [3.63, 3.8) is 0 Å². The Bertz CT molecular complexity index is 468. The van der Waals surface area contributed by atoms with Crippen molar-refractivity contribution >= 4 is 28.5 Å². The highest BCUT2D eigenvalue weighted by atomic mass is 32.2. The minimum Gasteiger partial charge on any atom is -0.304 e.